The third-order valence-corrected chi connectivity index (χ3v) is 3.90. The molecule has 0 bridgehead atoms. The van der Waals surface area contributed by atoms with Crippen LogP contribution in [0.4, 0.5) is 0 Å². The van der Waals surface area contributed by atoms with Crippen LogP contribution in [-0.4, -0.2) is 31.4 Å². The molecule has 1 saturated carbocycles. The zero-order valence-electron chi connectivity index (χ0n) is 13.8. The highest BCUT2D eigenvalue weighted by molar-refractivity contribution is 5.33. The van der Waals surface area contributed by atoms with Crippen molar-refractivity contribution in [2.45, 2.75) is 65.2 Å². The van der Waals surface area contributed by atoms with E-state index in [1.807, 2.05) is 0 Å². The van der Waals surface area contributed by atoms with E-state index in [9.17, 15) is 0 Å². The summed E-state index contributed by atoms with van der Waals surface area (Å²) in [6, 6.07) is 6.82. The Bertz CT molecular complexity index is 427. The third-order valence-electron chi connectivity index (χ3n) is 3.90. The highest BCUT2D eigenvalue weighted by atomic mass is 16.5. The Morgan fingerprint density at radius 3 is 2.43 bits per heavy atom. The minimum absolute atomic E-state index is 0.173. The van der Waals surface area contributed by atoms with Gasteiger partial charge in [-0.05, 0) is 56.5 Å². The molecule has 1 aromatic carbocycles. The quantitative estimate of drug-likeness (QED) is 0.793. The molecule has 1 aliphatic carbocycles. The van der Waals surface area contributed by atoms with E-state index < -0.39 is 0 Å². The summed E-state index contributed by atoms with van der Waals surface area (Å²) in [5.41, 5.74) is 2.49. The van der Waals surface area contributed by atoms with Gasteiger partial charge in [0.05, 0.1) is 0 Å². The maximum atomic E-state index is 6.17. The zero-order chi connectivity index (χ0) is 15.2. The largest absolute Gasteiger partial charge is 0.488 e. The summed E-state index contributed by atoms with van der Waals surface area (Å²) in [5.74, 6) is 0.969. The fourth-order valence-corrected chi connectivity index (χ4v) is 2.88. The molecule has 1 aromatic rings. The van der Waals surface area contributed by atoms with Crippen molar-refractivity contribution >= 4 is 0 Å². The van der Waals surface area contributed by atoms with Gasteiger partial charge in [-0.25, -0.2) is 0 Å². The molecule has 0 aliphatic heterocycles. The van der Waals surface area contributed by atoms with Crippen molar-refractivity contribution in [2.75, 3.05) is 13.2 Å². The lowest BCUT2D eigenvalue weighted by atomic mass is 9.85. The Labute approximate surface area is 129 Å². The van der Waals surface area contributed by atoms with Gasteiger partial charge >= 0.3 is 0 Å². The van der Waals surface area contributed by atoms with Crippen LogP contribution in [0.15, 0.2) is 18.2 Å². The second kappa shape index (κ2) is 7.81. The molecule has 0 heterocycles. The third kappa shape index (κ3) is 4.45. The summed E-state index contributed by atoms with van der Waals surface area (Å²) in [4.78, 5) is 0. The molecule has 3 nitrogen and oxygen atoms in total. The van der Waals surface area contributed by atoms with Crippen LogP contribution in [0, 0.1) is 13.8 Å². The van der Waals surface area contributed by atoms with Gasteiger partial charge in [-0.1, -0.05) is 19.9 Å². The van der Waals surface area contributed by atoms with Crippen molar-refractivity contribution in [1.29, 1.82) is 0 Å². The highest BCUT2D eigenvalue weighted by Gasteiger charge is 2.43. The molecule has 0 radical (unpaired) electrons. The van der Waals surface area contributed by atoms with Gasteiger partial charge in [0.1, 0.15) is 18.0 Å². The summed E-state index contributed by atoms with van der Waals surface area (Å²) in [6.45, 7) is 10.4. The van der Waals surface area contributed by atoms with Gasteiger partial charge in [0, 0.05) is 19.1 Å². The highest BCUT2D eigenvalue weighted by Crippen LogP contribution is 2.30. The predicted octanol–water partition coefficient (Wildman–Crippen LogP) is 3.62. The summed E-state index contributed by atoms with van der Waals surface area (Å²) in [7, 11) is 0. The number of rotatable bonds is 8. The fourth-order valence-electron chi connectivity index (χ4n) is 2.88. The van der Waals surface area contributed by atoms with Gasteiger partial charge in [0.15, 0.2) is 0 Å². The smallest absolute Gasteiger partial charge is 0.128 e. The average molecular weight is 291 g/mol. The van der Waals surface area contributed by atoms with Gasteiger partial charge in [-0.3, -0.25) is 0 Å². The number of hydrogen-bond acceptors (Lipinski definition) is 3. The molecule has 21 heavy (non-hydrogen) atoms. The Morgan fingerprint density at radius 1 is 1.10 bits per heavy atom. The number of hydrogen-bond donors (Lipinski definition) is 1. The van der Waals surface area contributed by atoms with E-state index in [0.717, 1.165) is 38.2 Å². The molecule has 3 atom stereocenters. The van der Waals surface area contributed by atoms with Crippen LogP contribution < -0.4 is 10.1 Å². The summed E-state index contributed by atoms with van der Waals surface area (Å²) in [6.07, 6.45) is 3.58. The van der Waals surface area contributed by atoms with E-state index >= 15 is 0 Å². The lowest BCUT2D eigenvalue weighted by molar-refractivity contribution is -0.107. The summed E-state index contributed by atoms with van der Waals surface area (Å²) in [5, 5.41) is 3.56. The van der Waals surface area contributed by atoms with Crippen LogP contribution in [-0.2, 0) is 4.74 Å². The number of aryl methyl sites for hydroxylation is 2. The van der Waals surface area contributed by atoms with Crippen molar-refractivity contribution in [3.63, 3.8) is 0 Å². The van der Waals surface area contributed by atoms with E-state index in [-0.39, 0.29) is 12.2 Å². The minimum Gasteiger partial charge on any atom is -0.488 e. The van der Waals surface area contributed by atoms with Gasteiger partial charge < -0.3 is 14.8 Å². The van der Waals surface area contributed by atoms with E-state index in [0.29, 0.717) is 6.04 Å². The second-order valence-electron chi connectivity index (χ2n) is 6.11. The van der Waals surface area contributed by atoms with Crippen molar-refractivity contribution in [2.24, 2.45) is 0 Å². The molecule has 3 heteroatoms. The Balaban J connectivity index is 1.95. The van der Waals surface area contributed by atoms with Crippen molar-refractivity contribution in [1.82, 2.24) is 5.32 Å². The molecule has 1 N–H and O–H groups in total. The molecule has 0 spiro atoms. The van der Waals surface area contributed by atoms with E-state index in [2.05, 4.69) is 51.2 Å². The van der Waals surface area contributed by atoms with Crippen LogP contribution in [0.3, 0.4) is 0 Å². The minimum atomic E-state index is 0.173. The topological polar surface area (TPSA) is 30.5 Å². The summed E-state index contributed by atoms with van der Waals surface area (Å²) < 4.78 is 12.2. The molecule has 2 rings (SSSR count). The maximum absolute atomic E-state index is 6.17. The lowest BCUT2D eigenvalue weighted by Crippen LogP contribution is -2.61. The van der Waals surface area contributed by atoms with E-state index in [1.54, 1.807) is 0 Å². The SMILES string of the molecule is CCCNC1CC(Oc2cc(C)cc(C)c2)C1OCCC. The van der Waals surface area contributed by atoms with E-state index in [1.165, 1.54) is 11.1 Å². The molecule has 3 unspecified atom stereocenters. The predicted molar refractivity (Wildman–Crippen MR) is 87.1 cm³/mol. The molecule has 118 valence electrons. The Kier molecular flexibility index (Phi) is 6.07. The van der Waals surface area contributed by atoms with Crippen molar-refractivity contribution in [3.8, 4) is 5.75 Å². The lowest BCUT2D eigenvalue weighted by Gasteiger charge is -2.44. The van der Waals surface area contributed by atoms with Crippen molar-refractivity contribution in [3.05, 3.63) is 29.3 Å². The van der Waals surface area contributed by atoms with Crippen LogP contribution in [0.1, 0.15) is 44.2 Å². The van der Waals surface area contributed by atoms with Crippen LogP contribution in [0.25, 0.3) is 0 Å². The molecule has 0 amide bonds. The molecule has 1 aliphatic rings. The maximum Gasteiger partial charge on any atom is 0.128 e. The molecule has 0 saturated heterocycles. The van der Waals surface area contributed by atoms with Crippen molar-refractivity contribution < 1.29 is 9.47 Å². The van der Waals surface area contributed by atoms with Gasteiger partial charge in [-0.2, -0.15) is 0 Å². The van der Waals surface area contributed by atoms with Crippen LogP contribution >= 0.6 is 0 Å². The van der Waals surface area contributed by atoms with Crippen LogP contribution in [0.5, 0.6) is 5.75 Å². The molecular weight excluding hydrogens is 262 g/mol. The standard InChI is InChI=1S/C18H29NO2/c1-5-7-19-16-12-17(18(16)20-8-6-2)21-15-10-13(3)9-14(4)11-15/h9-11,16-19H,5-8,12H2,1-4H3. The van der Waals surface area contributed by atoms with Gasteiger partial charge in [0.25, 0.3) is 0 Å². The summed E-state index contributed by atoms with van der Waals surface area (Å²) >= 11 is 0. The number of benzene rings is 1. The monoisotopic (exact) mass is 291 g/mol. The second-order valence-corrected chi connectivity index (χ2v) is 6.11. The number of nitrogens with one attached hydrogen (secondary N) is 1. The van der Waals surface area contributed by atoms with E-state index in [4.69, 9.17) is 9.47 Å². The van der Waals surface area contributed by atoms with Gasteiger partial charge in [-0.15, -0.1) is 0 Å². The fraction of sp³-hybridized carbons (Fsp3) is 0.667. The number of ether oxygens (including phenoxy) is 2. The first-order chi connectivity index (χ1) is 10.1. The first kappa shape index (κ1) is 16.3. The molecule has 1 fully saturated rings. The van der Waals surface area contributed by atoms with Crippen LogP contribution in [0.2, 0.25) is 0 Å². The normalized spacial score (nSPS) is 24.7. The molecular formula is C18H29NO2. The van der Waals surface area contributed by atoms with Gasteiger partial charge in [0.2, 0.25) is 0 Å². The first-order valence-corrected chi connectivity index (χ1v) is 8.24. The zero-order valence-corrected chi connectivity index (χ0v) is 13.8. The average Bonchev–Trinajstić information content (AvgIpc) is 2.41. The first-order valence-electron chi connectivity index (χ1n) is 8.24. The molecule has 0 aromatic heterocycles. The Hall–Kier alpha value is -1.06. The Morgan fingerprint density at radius 2 is 1.81 bits per heavy atom.